The number of aryl methyl sites for hydroxylation is 1. The van der Waals surface area contributed by atoms with E-state index in [1.807, 2.05) is 24.3 Å². The zero-order chi connectivity index (χ0) is 19.7. The first-order valence-electron chi connectivity index (χ1n) is 10.8. The summed E-state index contributed by atoms with van der Waals surface area (Å²) in [5.74, 6) is 0. The molecule has 2 fully saturated rings. The Morgan fingerprint density at radius 2 is 1.75 bits per heavy atom. The quantitative estimate of drug-likeness (QED) is 0.775. The normalized spacial score (nSPS) is 24.7. The van der Waals surface area contributed by atoms with Gasteiger partial charge in [0.15, 0.2) is 0 Å². The maximum absolute atomic E-state index is 13.1. The molecule has 4 rings (SSSR count). The number of rotatable bonds is 6. The number of piperidine rings is 1. The second kappa shape index (κ2) is 8.11. The number of carbonyl (C=O) groups is 1. The van der Waals surface area contributed by atoms with Crippen molar-refractivity contribution in [3.8, 4) is 0 Å². The van der Waals surface area contributed by atoms with E-state index in [0.717, 1.165) is 37.6 Å². The Morgan fingerprint density at radius 1 is 1.07 bits per heavy atom. The lowest BCUT2D eigenvalue weighted by atomic mass is 9.98. The van der Waals surface area contributed by atoms with Crippen LogP contribution in [0.15, 0.2) is 29.1 Å². The van der Waals surface area contributed by atoms with Crippen LogP contribution in [0, 0.1) is 0 Å². The summed E-state index contributed by atoms with van der Waals surface area (Å²) in [6.45, 7) is 2.84. The Hall–Kier alpha value is -2.08. The van der Waals surface area contributed by atoms with Gasteiger partial charge < -0.3 is 10.2 Å². The van der Waals surface area contributed by atoms with Gasteiger partial charge in [-0.15, -0.1) is 0 Å². The molecule has 6 nitrogen and oxygen atoms in total. The molecule has 2 aliphatic heterocycles. The van der Waals surface area contributed by atoms with E-state index in [2.05, 4.69) is 24.2 Å². The highest BCUT2D eigenvalue weighted by Crippen LogP contribution is 2.34. The molecule has 1 amide bonds. The summed E-state index contributed by atoms with van der Waals surface area (Å²) < 4.78 is 3.11. The van der Waals surface area contributed by atoms with Gasteiger partial charge in [-0.2, -0.15) is 0 Å². The minimum atomic E-state index is -0.275. The van der Waals surface area contributed by atoms with Crippen LogP contribution in [0.4, 0.5) is 4.79 Å². The molecule has 3 atom stereocenters. The highest BCUT2D eigenvalue weighted by atomic mass is 16.2. The van der Waals surface area contributed by atoms with E-state index in [-0.39, 0.29) is 17.8 Å². The summed E-state index contributed by atoms with van der Waals surface area (Å²) >= 11 is 0. The summed E-state index contributed by atoms with van der Waals surface area (Å²) in [4.78, 5) is 28.6. The van der Waals surface area contributed by atoms with Crippen LogP contribution in [0.1, 0.15) is 58.3 Å². The molecule has 0 saturated carbocycles. The van der Waals surface area contributed by atoms with Gasteiger partial charge in [0.2, 0.25) is 0 Å². The van der Waals surface area contributed by atoms with Crippen LogP contribution in [0.2, 0.25) is 0 Å². The van der Waals surface area contributed by atoms with Crippen molar-refractivity contribution in [3.63, 3.8) is 0 Å². The van der Waals surface area contributed by atoms with E-state index in [0.29, 0.717) is 24.1 Å². The van der Waals surface area contributed by atoms with Gasteiger partial charge in [0.25, 0.3) is 0 Å². The third-order valence-corrected chi connectivity index (χ3v) is 6.70. The van der Waals surface area contributed by atoms with Gasteiger partial charge in [-0.3, -0.25) is 4.57 Å². The Labute approximate surface area is 166 Å². The van der Waals surface area contributed by atoms with Crippen LogP contribution in [-0.4, -0.2) is 45.2 Å². The summed E-state index contributed by atoms with van der Waals surface area (Å²) in [6, 6.07) is 8.63. The van der Waals surface area contributed by atoms with Gasteiger partial charge in [-0.1, -0.05) is 38.3 Å². The number of carbonyl (C=O) groups excluding carboxylic acids is 1. The number of fused-ring (bicyclic) bond motifs is 3. The second-order valence-corrected chi connectivity index (χ2v) is 8.49. The van der Waals surface area contributed by atoms with E-state index in [9.17, 15) is 9.59 Å². The van der Waals surface area contributed by atoms with Crippen LogP contribution in [0.3, 0.4) is 0 Å². The monoisotopic (exact) mass is 384 g/mol. The molecule has 0 spiro atoms. The standard InChI is InChI=1S/C22H32N4O2/c1-3-4-5-8-13-25-19-9-6-7-10-20(19)26(22(25)28)21(27)23-16-14-17-11-12-18(15-16)24(17)2/h6-7,9-10,16-18H,3-5,8,11-15H2,1-2H3,(H,23,27)/t16?,17-,18+. The van der Waals surface area contributed by atoms with Gasteiger partial charge in [0.05, 0.1) is 11.0 Å². The minimum Gasteiger partial charge on any atom is -0.334 e. The van der Waals surface area contributed by atoms with E-state index in [1.165, 1.54) is 23.8 Å². The van der Waals surface area contributed by atoms with Crippen LogP contribution >= 0.6 is 0 Å². The smallest absolute Gasteiger partial charge is 0.334 e. The molecule has 1 N–H and O–H groups in total. The lowest BCUT2D eigenvalue weighted by Gasteiger charge is -2.36. The topological polar surface area (TPSA) is 59.3 Å². The largest absolute Gasteiger partial charge is 0.337 e. The molecule has 1 aromatic heterocycles. The number of hydrogen-bond donors (Lipinski definition) is 1. The number of amides is 1. The highest BCUT2D eigenvalue weighted by molar-refractivity contribution is 5.89. The van der Waals surface area contributed by atoms with Crippen LogP contribution in [-0.2, 0) is 6.54 Å². The van der Waals surface area contributed by atoms with E-state index >= 15 is 0 Å². The maximum atomic E-state index is 13.1. The molecule has 0 aliphatic carbocycles. The molecule has 3 heterocycles. The lowest BCUT2D eigenvalue weighted by Crippen LogP contribution is -2.50. The zero-order valence-electron chi connectivity index (χ0n) is 17.1. The van der Waals surface area contributed by atoms with Crippen molar-refractivity contribution < 1.29 is 4.79 Å². The summed E-state index contributed by atoms with van der Waals surface area (Å²) in [6.07, 6.45) is 8.78. The van der Waals surface area contributed by atoms with Crippen molar-refractivity contribution >= 4 is 17.1 Å². The number of nitrogens with zero attached hydrogens (tertiary/aromatic N) is 3. The molecule has 1 unspecified atom stereocenters. The molecular formula is C22H32N4O2. The van der Waals surface area contributed by atoms with E-state index in [1.54, 1.807) is 4.57 Å². The molecule has 2 saturated heterocycles. The van der Waals surface area contributed by atoms with Crippen LogP contribution in [0.25, 0.3) is 11.0 Å². The highest BCUT2D eigenvalue weighted by Gasteiger charge is 2.39. The zero-order valence-corrected chi connectivity index (χ0v) is 17.1. The molecule has 2 bridgehead atoms. The van der Waals surface area contributed by atoms with Crippen molar-refractivity contribution in [1.29, 1.82) is 0 Å². The first-order valence-corrected chi connectivity index (χ1v) is 10.8. The van der Waals surface area contributed by atoms with E-state index < -0.39 is 0 Å². The van der Waals surface area contributed by atoms with Crippen molar-refractivity contribution in [2.75, 3.05) is 7.05 Å². The average molecular weight is 385 g/mol. The number of benzene rings is 1. The molecule has 0 radical (unpaired) electrons. The van der Waals surface area contributed by atoms with Gasteiger partial charge >= 0.3 is 11.7 Å². The predicted octanol–water partition coefficient (Wildman–Crippen LogP) is 3.57. The average Bonchev–Trinajstić information content (AvgIpc) is 3.06. The van der Waals surface area contributed by atoms with Gasteiger partial charge in [-0.05, 0) is 51.3 Å². The molecular weight excluding hydrogens is 352 g/mol. The number of para-hydroxylation sites is 2. The third-order valence-electron chi connectivity index (χ3n) is 6.70. The predicted molar refractivity (Wildman–Crippen MR) is 112 cm³/mol. The first kappa shape index (κ1) is 19.2. The van der Waals surface area contributed by atoms with E-state index in [4.69, 9.17) is 0 Å². The number of aromatic nitrogens is 2. The fraction of sp³-hybridized carbons (Fsp3) is 0.636. The summed E-state index contributed by atoms with van der Waals surface area (Å²) in [5, 5.41) is 3.16. The third kappa shape index (κ3) is 3.50. The Balaban J connectivity index is 1.55. The maximum Gasteiger partial charge on any atom is 0.337 e. The summed E-state index contributed by atoms with van der Waals surface area (Å²) in [5.41, 5.74) is 1.34. The SMILES string of the molecule is CCCCCCn1c(=O)n(C(=O)NC2C[C@H]3CC[C@@H](C2)N3C)c2ccccc21. The molecule has 6 heteroatoms. The second-order valence-electron chi connectivity index (χ2n) is 8.49. The summed E-state index contributed by atoms with van der Waals surface area (Å²) in [7, 11) is 2.19. The molecule has 1 aromatic carbocycles. The molecule has 2 aromatic rings. The Morgan fingerprint density at radius 3 is 2.43 bits per heavy atom. The molecule has 28 heavy (non-hydrogen) atoms. The van der Waals surface area contributed by atoms with Crippen LogP contribution in [0.5, 0.6) is 0 Å². The number of unbranched alkanes of at least 4 members (excludes halogenated alkanes) is 3. The Bertz CT molecular complexity index is 886. The fourth-order valence-corrected chi connectivity index (χ4v) is 5.09. The first-order chi connectivity index (χ1) is 13.6. The lowest BCUT2D eigenvalue weighted by molar-refractivity contribution is 0.149. The van der Waals surface area contributed by atoms with Crippen LogP contribution < -0.4 is 11.0 Å². The van der Waals surface area contributed by atoms with Gasteiger partial charge in [0, 0.05) is 24.7 Å². The fourth-order valence-electron chi connectivity index (χ4n) is 5.09. The minimum absolute atomic E-state index is 0.153. The number of hydrogen-bond acceptors (Lipinski definition) is 3. The van der Waals surface area contributed by atoms with Crippen molar-refractivity contribution in [2.45, 2.75) is 83.0 Å². The van der Waals surface area contributed by atoms with Crippen molar-refractivity contribution in [2.24, 2.45) is 0 Å². The molecule has 2 aliphatic rings. The molecule has 152 valence electrons. The number of imidazole rings is 1. The van der Waals surface area contributed by atoms with Crippen molar-refractivity contribution in [1.82, 2.24) is 19.4 Å². The van der Waals surface area contributed by atoms with Gasteiger partial charge in [0.1, 0.15) is 0 Å². The number of nitrogens with one attached hydrogen (secondary N) is 1. The van der Waals surface area contributed by atoms with Crippen molar-refractivity contribution in [3.05, 3.63) is 34.7 Å². The Kier molecular flexibility index (Phi) is 5.58. The van der Waals surface area contributed by atoms with Gasteiger partial charge in [-0.25, -0.2) is 14.2 Å².